The Kier molecular flexibility index (Phi) is 17.8. The predicted molar refractivity (Wildman–Crippen MR) is 227 cm³/mol. The molecule has 330 valence electrons. The predicted octanol–water partition coefficient (Wildman–Crippen LogP) is 3.84. The summed E-state index contributed by atoms with van der Waals surface area (Å²) in [5.74, 6) is -3.07. The minimum absolute atomic E-state index is 0.0508. The van der Waals surface area contributed by atoms with Crippen LogP contribution in [0.2, 0.25) is 0 Å². The molecular formula is C46H67N5O9. The Morgan fingerprint density at radius 2 is 1.35 bits per heavy atom. The van der Waals surface area contributed by atoms with Crippen LogP contribution in [0.25, 0.3) is 0 Å². The maximum atomic E-state index is 15.0. The number of epoxide rings is 1. The van der Waals surface area contributed by atoms with Crippen LogP contribution in [-0.4, -0.2) is 121 Å². The van der Waals surface area contributed by atoms with Crippen LogP contribution >= 0.6 is 0 Å². The quantitative estimate of drug-likeness (QED) is 0.0899. The highest BCUT2D eigenvalue weighted by atomic mass is 16.6. The Balaban J connectivity index is 1.70. The summed E-state index contributed by atoms with van der Waals surface area (Å²) in [5, 5.41) is 8.80. The van der Waals surface area contributed by atoms with Crippen molar-refractivity contribution in [1.82, 2.24) is 25.8 Å². The number of aryl methyl sites for hydroxylation is 1. The zero-order valence-electron chi connectivity index (χ0n) is 36.8. The minimum atomic E-state index is -1.22. The molecule has 3 N–H and O–H groups in total. The molecule has 0 unspecified atom stereocenters. The topological polar surface area (TPSA) is 176 Å². The van der Waals surface area contributed by atoms with E-state index < -0.39 is 65.6 Å². The summed E-state index contributed by atoms with van der Waals surface area (Å²) < 4.78 is 16.7. The van der Waals surface area contributed by atoms with Gasteiger partial charge in [0, 0.05) is 19.5 Å². The van der Waals surface area contributed by atoms with Crippen LogP contribution in [0.15, 0.2) is 60.7 Å². The molecule has 0 spiro atoms. The fourth-order valence-electron chi connectivity index (χ4n) is 7.01. The van der Waals surface area contributed by atoms with Crippen LogP contribution in [0, 0.1) is 17.3 Å². The maximum Gasteiger partial charge on any atom is 0.312 e. The first kappa shape index (κ1) is 48.0. The van der Waals surface area contributed by atoms with E-state index in [-0.39, 0.29) is 55.9 Å². The molecule has 0 aliphatic carbocycles. The lowest BCUT2D eigenvalue weighted by atomic mass is 9.93. The number of hydrogen-bond donors (Lipinski definition) is 3. The number of nitrogens with one attached hydrogen (secondary N) is 3. The first-order valence-corrected chi connectivity index (χ1v) is 21.3. The summed E-state index contributed by atoms with van der Waals surface area (Å²) in [4.78, 5) is 87.6. The van der Waals surface area contributed by atoms with Gasteiger partial charge in [0.1, 0.15) is 23.7 Å². The summed E-state index contributed by atoms with van der Waals surface area (Å²) in [6.07, 6.45) is 1.24. The van der Waals surface area contributed by atoms with Crippen molar-refractivity contribution in [2.75, 3.05) is 46.2 Å². The Morgan fingerprint density at radius 3 is 1.90 bits per heavy atom. The normalized spacial score (nSPS) is 18.8. The van der Waals surface area contributed by atoms with Crippen LogP contribution < -0.4 is 16.0 Å². The number of morpholine rings is 1. The molecule has 2 heterocycles. The summed E-state index contributed by atoms with van der Waals surface area (Å²) in [5.41, 5.74) is -0.188. The lowest BCUT2D eigenvalue weighted by Crippen LogP contribution is -2.60. The number of Topliss-reactive ketones (excluding diaryl/α,β-unsaturated/α-hetero) is 1. The molecule has 5 atom stereocenters. The Hall–Kier alpha value is -4.66. The molecule has 2 fully saturated rings. The minimum Gasteiger partial charge on any atom is -0.444 e. The molecule has 0 aromatic heterocycles. The van der Waals surface area contributed by atoms with E-state index in [0.29, 0.717) is 39.1 Å². The first-order chi connectivity index (χ1) is 28.4. The van der Waals surface area contributed by atoms with Gasteiger partial charge in [0.2, 0.25) is 23.6 Å². The van der Waals surface area contributed by atoms with Crippen molar-refractivity contribution in [3.05, 3.63) is 71.8 Å². The second kappa shape index (κ2) is 22.3. The highest BCUT2D eigenvalue weighted by Crippen LogP contribution is 2.30. The Bertz CT molecular complexity index is 1740. The zero-order valence-corrected chi connectivity index (χ0v) is 36.8. The molecule has 2 aromatic carbocycles. The number of carbonyl (C=O) groups excluding carboxylic acids is 6. The van der Waals surface area contributed by atoms with E-state index in [0.717, 1.165) is 11.1 Å². The fourth-order valence-corrected chi connectivity index (χ4v) is 7.01. The number of rotatable bonds is 22. The molecule has 0 radical (unpaired) electrons. The molecule has 0 saturated carbocycles. The van der Waals surface area contributed by atoms with E-state index in [4.69, 9.17) is 14.2 Å². The molecule has 2 aliphatic heterocycles. The lowest BCUT2D eigenvalue weighted by Gasteiger charge is -2.36. The van der Waals surface area contributed by atoms with Crippen LogP contribution in [0.3, 0.4) is 0 Å². The number of carbonyl (C=O) groups is 6. The summed E-state index contributed by atoms with van der Waals surface area (Å²) >= 11 is 0. The van der Waals surface area contributed by atoms with Crippen molar-refractivity contribution in [2.45, 2.75) is 117 Å². The SMILES string of the molecule is CC(C)C[C@H](NC(=O)[C@H](Cc1ccccc1)NC(=O)[C@H](CC(C)C)N(COC(=O)C(C)(C)C)C(=O)[C@H](CCc1ccccc1)NC(=O)CN1CCOCC1)C(=O)[C@]1(C)CO1. The van der Waals surface area contributed by atoms with Gasteiger partial charge < -0.3 is 30.2 Å². The van der Waals surface area contributed by atoms with Gasteiger partial charge in [-0.3, -0.25) is 38.6 Å². The second-order valence-electron chi connectivity index (χ2n) is 18.1. The van der Waals surface area contributed by atoms with Gasteiger partial charge in [0.05, 0.1) is 37.8 Å². The molecule has 4 amide bonds. The Morgan fingerprint density at radius 1 is 0.783 bits per heavy atom. The summed E-state index contributed by atoms with van der Waals surface area (Å²) in [6.45, 7) is 16.4. The van der Waals surface area contributed by atoms with E-state index >= 15 is 0 Å². The first-order valence-electron chi connectivity index (χ1n) is 21.3. The maximum absolute atomic E-state index is 15.0. The van der Waals surface area contributed by atoms with Crippen LogP contribution in [0.4, 0.5) is 0 Å². The van der Waals surface area contributed by atoms with E-state index in [1.807, 2.05) is 93.3 Å². The average molecular weight is 834 g/mol. The standard InChI is InChI=1S/C46H67N5O9/c1-31(2)25-36(40(53)46(8)29-60-46)48-41(54)37(27-34-17-13-10-14-18-34)49-42(55)38(26-32(3)4)51(30-59-44(57)45(5,6)7)43(56)35(20-19-33-15-11-9-12-16-33)47-39(52)28-50-21-23-58-24-22-50/h9-18,31-32,35-38H,19-30H2,1-8H3,(H,47,52)(H,48,54)(H,49,55)/t35-,36-,37-,38-,46-/m0/s1. The molecule has 4 rings (SSSR count). The van der Waals surface area contributed by atoms with Crippen LogP contribution in [0.1, 0.15) is 85.8 Å². The molecular weight excluding hydrogens is 767 g/mol. The van der Waals surface area contributed by atoms with Crippen molar-refractivity contribution < 1.29 is 43.0 Å². The fraction of sp³-hybridized carbons (Fsp3) is 0.609. The van der Waals surface area contributed by atoms with Gasteiger partial charge in [0.25, 0.3) is 0 Å². The van der Waals surface area contributed by atoms with E-state index in [2.05, 4.69) is 16.0 Å². The van der Waals surface area contributed by atoms with E-state index in [1.165, 1.54) is 4.90 Å². The molecule has 2 aromatic rings. The lowest BCUT2D eigenvalue weighted by molar-refractivity contribution is -0.166. The third kappa shape index (κ3) is 15.1. The molecule has 2 aliphatic rings. The van der Waals surface area contributed by atoms with Gasteiger partial charge in [-0.15, -0.1) is 0 Å². The number of esters is 1. The number of amides is 4. The Labute approximate surface area is 355 Å². The van der Waals surface area contributed by atoms with Crippen molar-refractivity contribution in [3.63, 3.8) is 0 Å². The molecule has 14 heteroatoms. The summed E-state index contributed by atoms with van der Waals surface area (Å²) in [7, 11) is 0. The van der Waals surface area contributed by atoms with E-state index in [9.17, 15) is 28.8 Å². The smallest absolute Gasteiger partial charge is 0.312 e. The van der Waals surface area contributed by atoms with Crippen molar-refractivity contribution in [1.29, 1.82) is 0 Å². The number of nitrogens with zero attached hydrogens (tertiary/aromatic N) is 2. The van der Waals surface area contributed by atoms with Gasteiger partial charge in [0.15, 0.2) is 12.5 Å². The largest absolute Gasteiger partial charge is 0.444 e. The number of hydrogen-bond acceptors (Lipinski definition) is 10. The molecule has 60 heavy (non-hydrogen) atoms. The number of ketones is 1. The average Bonchev–Trinajstić information content (AvgIpc) is 3.96. The van der Waals surface area contributed by atoms with Gasteiger partial charge in [-0.25, -0.2) is 0 Å². The third-order valence-corrected chi connectivity index (χ3v) is 10.6. The van der Waals surface area contributed by atoms with Crippen LogP contribution in [-0.2, 0) is 55.8 Å². The van der Waals surface area contributed by atoms with Crippen molar-refractivity contribution >= 4 is 35.4 Å². The number of ether oxygens (including phenoxy) is 3. The van der Waals surface area contributed by atoms with Gasteiger partial charge in [-0.2, -0.15) is 0 Å². The monoisotopic (exact) mass is 833 g/mol. The van der Waals surface area contributed by atoms with Crippen molar-refractivity contribution in [2.24, 2.45) is 17.3 Å². The van der Waals surface area contributed by atoms with Gasteiger partial charge >= 0.3 is 5.97 Å². The second-order valence-corrected chi connectivity index (χ2v) is 18.1. The third-order valence-electron chi connectivity index (χ3n) is 10.6. The molecule has 2 saturated heterocycles. The van der Waals surface area contributed by atoms with E-state index in [1.54, 1.807) is 27.7 Å². The molecule has 0 bridgehead atoms. The number of benzene rings is 2. The zero-order chi connectivity index (χ0) is 44.0. The highest BCUT2D eigenvalue weighted by molar-refractivity contribution is 5.99. The van der Waals surface area contributed by atoms with Crippen molar-refractivity contribution in [3.8, 4) is 0 Å². The van der Waals surface area contributed by atoms with Gasteiger partial charge in [-0.1, -0.05) is 88.4 Å². The summed E-state index contributed by atoms with van der Waals surface area (Å²) in [6, 6.07) is 14.4. The molecule has 14 nitrogen and oxygen atoms in total. The van der Waals surface area contributed by atoms with Gasteiger partial charge in [-0.05, 0) is 76.3 Å². The van der Waals surface area contributed by atoms with Crippen LogP contribution in [0.5, 0.6) is 0 Å². The highest BCUT2D eigenvalue weighted by Gasteiger charge is 2.50.